The number of carbonyl (C=O) groups excluding carboxylic acids is 1. The van der Waals surface area contributed by atoms with Crippen molar-refractivity contribution in [3.8, 4) is 5.75 Å². The SMILES string of the molecule is CCCCCOc1ccccc1NC(=O)OCCCN1CCCCCC1.Cl. The van der Waals surface area contributed by atoms with E-state index in [2.05, 4.69) is 17.1 Å². The number of benzene rings is 1. The normalized spacial score (nSPS) is 14.7. The Hall–Kier alpha value is -1.46. The minimum Gasteiger partial charge on any atom is -0.491 e. The first kappa shape index (κ1) is 23.6. The number of likely N-dealkylation sites (tertiary alicyclic amines) is 1. The smallest absolute Gasteiger partial charge is 0.411 e. The summed E-state index contributed by atoms with van der Waals surface area (Å²) in [5, 5.41) is 2.80. The van der Waals surface area contributed by atoms with Crippen LogP contribution >= 0.6 is 12.4 Å². The van der Waals surface area contributed by atoms with Gasteiger partial charge in [0.15, 0.2) is 0 Å². The number of anilines is 1. The molecular weight excluding hydrogens is 364 g/mol. The fourth-order valence-electron chi connectivity index (χ4n) is 3.19. The Balaban J connectivity index is 0.00000364. The van der Waals surface area contributed by atoms with Gasteiger partial charge in [0.1, 0.15) is 5.75 Å². The highest BCUT2D eigenvalue weighted by molar-refractivity contribution is 5.86. The van der Waals surface area contributed by atoms with Crippen molar-refractivity contribution in [2.45, 2.75) is 58.3 Å². The Morgan fingerprint density at radius 3 is 2.52 bits per heavy atom. The first-order valence-electron chi connectivity index (χ1n) is 10.2. The number of hydrogen-bond donors (Lipinski definition) is 1. The van der Waals surface area contributed by atoms with Crippen molar-refractivity contribution in [2.24, 2.45) is 0 Å². The average Bonchev–Trinajstić information content (AvgIpc) is 2.92. The van der Waals surface area contributed by atoms with Crippen molar-refractivity contribution in [3.05, 3.63) is 24.3 Å². The van der Waals surface area contributed by atoms with E-state index >= 15 is 0 Å². The molecule has 1 heterocycles. The summed E-state index contributed by atoms with van der Waals surface area (Å²) in [5.74, 6) is 0.699. The fourth-order valence-corrected chi connectivity index (χ4v) is 3.19. The van der Waals surface area contributed by atoms with E-state index in [1.807, 2.05) is 24.3 Å². The number of rotatable bonds is 10. The molecule has 0 radical (unpaired) electrons. The molecule has 1 aliphatic rings. The number of hydrogen-bond acceptors (Lipinski definition) is 4. The van der Waals surface area contributed by atoms with E-state index in [1.54, 1.807) is 0 Å². The first-order valence-corrected chi connectivity index (χ1v) is 10.2. The second-order valence-electron chi connectivity index (χ2n) is 6.92. The molecular formula is C21H35ClN2O3. The van der Waals surface area contributed by atoms with Crippen LogP contribution in [0.2, 0.25) is 0 Å². The van der Waals surface area contributed by atoms with Crippen molar-refractivity contribution >= 4 is 24.2 Å². The molecule has 5 nitrogen and oxygen atoms in total. The van der Waals surface area contributed by atoms with Gasteiger partial charge in [-0.05, 0) is 50.9 Å². The molecule has 1 amide bonds. The molecule has 1 saturated heterocycles. The summed E-state index contributed by atoms with van der Waals surface area (Å²) >= 11 is 0. The summed E-state index contributed by atoms with van der Waals surface area (Å²) in [4.78, 5) is 14.5. The molecule has 1 aromatic rings. The number of nitrogens with zero attached hydrogens (tertiary/aromatic N) is 1. The fraction of sp³-hybridized carbons (Fsp3) is 0.667. The molecule has 1 N–H and O–H groups in total. The van der Waals surface area contributed by atoms with Crippen LogP contribution in [0.4, 0.5) is 10.5 Å². The summed E-state index contributed by atoms with van der Waals surface area (Å²) in [7, 11) is 0. The van der Waals surface area contributed by atoms with Crippen molar-refractivity contribution in [1.82, 2.24) is 4.90 Å². The molecule has 0 atom stereocenters. The molecule has 154 valence electrons. The molecule has 6 heteroatoms. The number of nitrogens with one attached hydrogen (secondary N) is 1. The van der Waals surface area contributed by atoms with E-state index in [4.69, 9.17) is 9.47 Å². The van der Waals surface area contributed by atoms with Gasteiger partial charge in [-0.3, -0.25) is 5.32 Å². The highest BCUT2D eigenvalue weighted by atomic mass is 35.5. The summed E-state index contributed by atoms with van der Waals surface area (Å²) in [6, 6.07) is 7.51. The lowest BCUT2D eigenvalue weighted by atomic mass is 10.2. The van der Waals surface area contributed by atoms with E-state index in [0.717, 1.165) is 32.2 Å². The van der Waals surface area contributed by atoms with Crippen molar-refractivity contribution in [3.63, 3.8) is 0 Å². The van der Waals surface area contributed by atoms with E-state index in [1.165, 1.54) is 38.8 Å². The third kappa shape index (κ3) is 9.87. The number of unbranched alkanes of at least 4 members (excludes halogenated alkanes) is 2. The van der Waals surface area contributed by atoms with Crippen LogP contribution < -0.4 is 10.1 Å². The maximum atomic E-state index is 12.0. The number of ether oxygens (including phenoxy) is 2. The molecule has 0 aliphatic carbocycles. The molecule has 0 saturated carbocycles. The Labute approximate surface area is 170 Å². The summed E-state index contributed by atoms with van der Waals surface area (Å²) in [6.07, 6.45) is 9.05. The standard InChI is InChI=1S/C21H34N2O3.ClH/c1-2-3-10-17-25-20-13-7-6-12-19(20)22-21(24)26-18-11-16-23-14-8-4-5-9-15-23;/h6-7,12-13H,2-5,8-11,14-18H2,1H3,(H,22,24);1H. The van der Waals surface area contributed by atoms with E-state index in [0.29, 0.717) is 24.7 Å². The van der Waals surface area contributed by atoms with Gasteiger partial charge in [-0.25, -0.2) is 4.79 Å². The van der Waals surface area contributed by atoms with Crippen LogP contribution in [0.1, 0.15) is 58.3 Å². The maximum Gasteiger partial charge on any atom is 0.411 e. The van der Waals surface area contributed by atoms with Gasteiger partial charge in [0.05, 0.1) is 18.9 Å². The third-order valence-corrected chi connectivity index (χ3v) is 4.68. The van der Waals surface area contributed by atoms with Crippen LogP contribution in [-0.4, -0.2) is 43.8 Å². The van der Waals surface area contributed by atoms with Crippen LogP contribution in [0.3, 0.4) is 0 Å². The zero-order valence-electron chi connectivity index (χ0n) is 16.6. The number of para-hydroxylation sites is 2. The monoisotopic (exact) mass is 398 g/mol. The van der Waals surface area contributed by atoms with Gasteiger partial charge in [-0.2, -0.15) is 0 Å². The van der Waals surface area contributed by atoms with Gasteiger partial charge in [-0.1, -0.05) is 44.7 Å². The minimum atomic E-state index is -0.412. The number of halogens is 1. The van der Waals surface area contributed by atoms with Gasteiger partial charge in [-0.15, -0.1) is 12.4 Å². The Bertz CT molecular complexity index is 520. The molecule has 0 aromatic heterocycles. The molecule has 1 aliphatic heterocycles. The second kappa shape index (κ2) is 14.6. The largest absolute Gasteiger partial charge is 0.491 e. The molecule has 0 bridgehead atoms. The van der Waals surface area contributed by atoms with Crippen LogP contribution in [0.5, 0.6) is 5.75 Å². The van der Waals surface area contributed by atoms with Gasteiger partial charge >= 0.3 is 6.09 Å². The van der Waals surface area contributed by atoms with Crippen molar-refractivity contribution < 1.29 is 14.3 Å². The van der Waals surface area contributed by atoms with Crippen molar-refractivity contribution in [1.29, 1.82) is 0 Å². The quantitative estimate of drug-likeness (QED) is 0.529. The van der Waals surface area contributed by atoms with Crippen molar-refractivity contribution in [2.75, 3.05) is 38.2 Å². The van der Waals surface area contributed by atoms with Crippen LogP contribution in [0.15, 0.2) is 24.3 Å². The highest BCUT2D eigenvalue weighted by Crippen LogP contribution is 2.24. The van der Waals surface area contributed by atoms with E-state index in [-0.39, 0.29) is 12.4 Å². The first-order chi connectivity index (χ1) is 12.8. The topological polar surface area (TPSA) is 50.8 Å². The van der Waals surface area contributed by atoms with Gasteiger partial charge in [0.2, 0.25) is 0 Å². The van der Waals surface area contributed by atoms with Crippen LogP contribution in [0, 0.1) is 0 Å². The summed E-state index contributed by atoms with van der Waals surface area (Å²) < 4.78 is 11.1. The molecule has 1 fully saturated rings. The van der Waals surface area contributed by atoms with Gasteiger partial charge < -0.3 is 14.4 Å². The van der Waals surface area contributed by atoms with E-state index in [9.17, 15) is 4.79 Å². The third-order valence-electron chi connectivity index (χ3n) is 4.68. The van der Waals surface area contributed by atoms with Gasteiger partial charge in [0, 0.05) is 6.54 Å². The predicted octanol–water partition coefficient (Wildman–Crippen LogP) is 5.49. The molecule has 0 spiro atoms. The Morgan fingerprint density at radius 2 is 1.78 bits per heavy atom. The molecule has 1 aromatic carbocycles. The van der Waals surface area contributed by atoms with Crippen LogP contribution in [-0.2, 0) is 4.74 Å². The summed E-state index contributed by atoms with van der Waals surface area (Å²) in [5.41, 5.74) is 0.668. The lowest BCUT2D eigenvalue weighted by molar-refractivity contribution is 0.152. The lowest BCUT2D eigenvalue weighted by Crippen LogP contribution is -2.27. The zero-order valence-corrected chi connectivity index (χ0v) is 17.4. The highest BCUT2D eigenvalue weighted by Gasteiger charge is 2.10. The van der Waals surface area contributed by atoms with E-state index < -0.39 is 6.09 Å². The Morgan fingerprint density at radius 1 is 1.04 bits per heavy atom. The molecule has 27 heavy (non-hydrogen) atoms. The second-order valence-corrected chi connectivity index (χ2v) is 6.92. The van der Waals surface area contributed by atoms with Gasteiger partial charge in [0.25, 0.3) is 0 Å². The maximum absolute atomic E-state index is 12.0. The zero-order chi connectivity index (χ0) is 18.5. The minimum absolute atomic E-state index is 0. The Kier molecular flexibility index (Phi) is 12.7. The predicted molar refractivity (Wildman–Crippen MR) is 113 cm³/mol. The molecule has 0 unspecified atom stereocenters. The number of carbonyl (C=O) groups is 1. The average molecular weight is 399 g/mol. The number of amides is 1. The van der Waals surface area contributed by atoms with Crippen LogP contribution in [0.25, 0.3) is 0 Å². The molecule has 2 rings (SSSR count). The lowest BCUT2D eigenvalue weighted by Gasteiger charge is -2.19. The summed E-state index contributed by atoms with van der Waals surface area (Å²) in [6.45, 7) is 6.63.